The Morgan fingerprint density at radius 3 is 2.84 bits per heavy atom. The number of hydrogen-bond donors (Lipinski definition) is 4. The fraction of sp³-hybridized carbons (Fsp3) is 0.308. The summed E-state index contributed by atoms with van der Waals surface area (Å²) in [5.74, 6) is -1.04. The molecule has 2 aromatic rings. The van der Waals surface area contributed by atoms with Gasteiger partial charge in [-0.15, -0.1) is 0 Å². The lowest BCUT2D eigenvalue weighted by Crippen LogP contribution is -2.32. The quantitative estimate of drug-likeness (QED) is 0.656. The maximum atomic E-state index is 12.5. The number of aliphatic carboxylic acids is 1. The molecule has 1 unspecified atom stereocenters. The summed E-state index contributed by atoms with van der Waals surface area (Å²) in [6, 6.07) is 3.65. The van der Waals surface area contributed by atoms with Crippen molar-refractivity contribution in [1.29, 1.82) is 0 Å². The Labute approximate surface area is 108 Å². The molecule has 102 valence electrons. The lowest BCUT2D eigenvalue weighted by molar-refractivity contribution is -0.138. The van der Waals surface area contributed by atoms with E-state index in [1.165, 1.54) is 12.1 Å². The Bertz CT molecular complexity index is 609. The number of halogens is 1. The number of aromatic amines is 1. The topological polar surface area (TPSA) is 99.3 Å². The van der Waals surface area contributed by atoms with Crippen LogP contribution in [0.5, 0.6) is 5.75 Å². The summed E-state index contributed by atoms with van der Waals surface area (Å²) in [4.78, 5) is 13.9. The molecule has 0 saturated heterocycles. The van der Waals surface area contributed by atoms with E-state index in [4.69, 9.17) is 10.8 Å². The number of hydrogen-bond acceptors (Lipinski definition) is 3. The van der Waals surface area contributed by atoms with Gasteiger partial charge in [0.2, 0.25) is 0 Å². The number of nitrogens with two attached hydrogens (primary N) is 1. The average molecular weight is 266 g/mol. The van der Waals surface area contributed by atoms with Crippen LogP contribution in [0.15, 0.2) is 18.2 Å². The van der Waals surface area contributed by atoms with Crippen LogP contribution in [-0.2, 0) is 17.6 Å². The number of benzene rings is 1. The van der Waals surface area contributed by atoms with E-state index in [0.717, 1.165) is 5.52 Å². The number of carboxylic acids is 1. The van der Waals surface area contributed by atoms with Gasteiger partial charge in [0.25, 0.3) is 0 Å². The van der Waals surface area contributed by atoms with Crippen LogP contribution in [0.3, 0.4) is 0 Å². The van der Waals surface area contributed by atoms with Gasteiger partial charge < -0.3 is 20.9 Å². The molecular weight excluding hydrogens is 251 g/mol. The van der Waals surface area contributed by atoms with Crippen LogP contribution < -0.4 is 5.73 Å². The molecule has 1 aromatic heterocycles. The van der Waals surface area contributed by atoms with Crippen LogP contribution in [0.4, 0.5) is 4.39 Å². The van der Waals surface area contributed by atoms with Crippen molar-refractivity contribution in [3.8, 4) is 5.75 Å². The van der Waals surface area contributed by atoms with Crippen LogP contribution in [0.1, 0.15) is 11.3 Å². The number of carbonyl (C=O) groups is 1. The molecule has 0 saturated carbocycles. The predicted octanol–water partition coefficient (Wildman–Crippen LogP) is 1.34. The molecule has 5 nitrogen and oxygen atoms in total. The van der Waals surface area contributed by atoms with Crippen LogP contribution >= 0.6 is 0 Å². The average Bonchev–Trinajstić information content (AvgIpc) is 2.68. The Morgan fingerprint density at radius 1 is 1.47 bits per heavy atom. The number of aromatic nitrogens is 1. The number of alkyl halides is 1. The number of fused-ring (bicyclic) bond motifs is 1. The molecule has 0 aliphatic rings. The number of rotatable bonds is 5. The van der Waals surface area contributed by atoms with Crippen LogP contribution in [0, 0.1) is 0 Å². The van der Waals surface area contributed by atoms with Gasteiger partial charge in [0, 0.05) is 29.4 Å². The largest absolute Gasteiger partial charge is 0.508 e. The minimum Gasteiger partial charge on any atom is -0.508 e. The first-order valence-corrected chi connectivity index (χ1v) is 5.89. The standard InChI is InChI=1S/C13H15FN2O3/c14-4-3-12-9(6-10(15)13(18)19)8-5-7(17)1-2-11(8)16-12/h1-2,5,10,16-17H,3-4,6,15H2,(H,18,19). The van der Waals surface area contributed by atoms with E-state index in [1.807, 2.05) is 0 Å². The number of phenols is 1. The molecule has 1 atom stereocenters. The van der Waals surface area contributed by atoms with Crippen molar-refractivity contribution in [1.82, 2.24) is 4.98 Å². The fourth-order valence-corrected chi connectivity index (χ4v) is 2.14. The van der Waals surface area contributed by atoms with Gasteiger partial charge in [0.05, 0.1) is 6.67 Å². The summed E-state index contributed by atoms with van der Waals surface area (Å²) >= 11 is 0. The molecule has 0 aliphatic carbocycles. The van der Waals surface area contributed by atoms with E-state index in [-0.39, 0.29) is 18.6 Å². The first-order chi connectivity index (χ1) is 9.02. The van der Waals surface area contributed by atoms with E-state index in [9.17, 15) is 14.3 Å². The molecule has 0 radical (unpaired) electrons. The Morgan fingerprint density at radius 2 is 2.21 bits per heavy atom. The summed E-state index contributed by atoms with van der Waals surface area (Å²) in [7, 11) is 0. The number of phenolic OH excluding ortho intramolecular Hbond substituents is 1. The first kappa shape index (κ1) is 13.4. The third-order valence-corrected chi connectivity index (χ3v) is 3.06. The second-order valence-corrected chi connectivity index (χ2v) is 4.40. The van der Waals surface area contributed by atoms with Crippen molar-refractivity contribution in [2.24, 2.45) is 5.73 Å². The van der Waals surface area contributed by atoms with Crippen molar-refractivity contribution in [2.75, 3.05) is 6.67 Å². The molecule has 19 heavy (non-hydrogen) atoms. The zero-order chi connectivity index (χ0) is 14.0. The zero-order valence-corrected chi connectivity index (χ0v) is 10.2. The fourth-order valence-electron chi connectivity index (χ4n) is 2.14. The van der Waals surface area contributed by atoms with Crippen molar-refractivity contribution in [2.45, 2.75) is 18.9 Å². The molecule has 0 amide bonds. The maximum Gasteiger partial charge on any atom is 0.320 e. The molecule has 0 fully saturated rings. The minimum absolute atomic E-state index is 0.0726. The number of aryl methyl sites for hydroxylation is 1. The van der Waals surface area contributed by atoms with E-state index in [1.54, 1.807) is 6.07 Å². The molecule has 0 aliphatic heterocycles. The highest BCUT2D eigenvalue weighted by atomic mass is 19.1. The van der Waals surface area contributed by atoms with Crippen LogP contribution in [-0.4, -0.2) is 33.9 Å². The highest BCUT2D eigenvalue weighted by molar-refractivity contribution is 5.87. The SMILES string of the molecule is NC(Cc1c(CCF)[nH]c2ccc(O)cc12)C(=O)O. The van der Waals surface area contributed by atoms with Gasteiger partial charge in [-0.25, -0.2) is 0 Å². The van der Waals surface area contributed by atoms with Crippen LogP contribution in [0.2, 0.25) is 0 Å². The summed E-state index contributed by atoms with van der Waals surface area (Å²) < 4.78 is 12.5. The third kappa shape index (κ3) is 2.68. The van der Waals surface area contributed by atoms with Gasteiger partial charge in [0.15, 0.2) is 0 Å². The first-order valence-electron chi connectivity index (χ1n) is 5.89. The molecule has 0 bridgehead atoms. The zero-order valence-electron chi connectivity index (χ0n) is 10.2. The molecule has 5 N–H and O–H groups in total. The van der Waals surface area contributed by atoms with E-state index >= 15 is 0 Å². The number of carboxylic acid groups (broad SMARTS) is 1. The van der Waals surface area contributed by atoms with E-state index < -0.39 is 18.7 Å². The van der Waals surface area contributed by atoms with Gasteiger partial charge in [-0.1, -0.05) is 0 Å². The highest BCUT2D eigenvalue weighted by Crippen LogP contribution is 2.27. The summed E-state index contributed by atoms with van der Waals surface area (Å²) in [5.41, 5.74) is 7.54. The molecule has 0 spiro atoms. The lowest BCUT2D eigenvalue weighted by Gasteiger charge is -2.07. The van der Waals surface area contributed by atoms with E-state index in [0.29, 0.717) is 16.6 Å². The Kier molecular flexibility index (Phi) is 3.71. The summed E-state index contributed by atoms with van der Waals surface area (Å²) in [5, 5.41) is 19.1. The Balaban J connectivity index is 2.50. The normalized spacial score (nSPS) is 12.7. The van der Waals surface area contributed by atoms with Gasteiger partial charge in [-0.3, -0.25) is 9.18 Å². The summed E-state index contributed by atoms with van der Waals surface area (Å²) in [6.45, 7) is -0.548. The molecule has 6 heteroatoms. The smallest absolute Gasteiger partial charge is 0.320 e. The second kappa shape index (κ2) is 5.27. The van der Waals surface area contributed by atoms with Gasteiger partial charge >= 0.3 is 5.97 Å². The van der Waals surface area contributed by atoms with Crippen LogP contribution in [0.25, 0.3) is 10.9 Å². The lowest BCUT2D eigenvalue weighted by atomic mass is 10.0. The second-order valence-electron chi connectivity index (χ2n) is 4.40. The van der Waals surface area contributed by atoms with E-state index in [2.05, 4.69) is 4.98 Å². The molecule has 1 aromatic carbocycles. The predicted molar refractivity (Wildman–Crippen MR) is 69.0 cm³/mol. The summed E-state index contributed by atoms with van der Waals surface area (Å²) in [6.07, 6.45) is 0.255. The van der Waals surface area contributed by atoms with Gasteiger partial charge in [0.1, 0.15) is 11.8 Å². The number of aromatic hydroxyl groups is 1. The molecule has 2 rings (SSSR count). The Hall–Kier alpha value is -2.08. The van der Waals surface area contributed by atoms with Crippen molar-refractivity contribution < 1.29 is 19.4 Å². The minimum atomic E-state index is -1.11. The van der Waals surface area contributed by atoms with Gasteiger partial charge in [-0.05, 0) is 23.8 Å². The maximum absolute atomic E-state index is 12.5. The number of nitrogens with one attached hydrogen (secondary N) is 1. The monoisotopic (exact) mass is 266 g/mol. The highest BCUT2D eigenvalue weighted by Gasteiger charge is 2.18. The van der Waals surface area contributed by atoms with Crippen molar-refractivity contribution in [3.05, 3.63) is 29.5 Å². The number of H-pyrrole nitrogens is 1. The third-order valence-electron chi connectivity index (χ3n) is 3.06. The van der Waals surface area contributed by atoms with Gasteiger partial charge in [-0.2, -0.15) is 0 Å². The molecular formula is C13H15FN2O3. The van der Waals surface area contributed by atoms with Crippen molar-refractivity contribution >= 4 is 16.9 Å². The molecule has 1 heterocycles. The van der Waals surface area contributed by atoms with Crippen molar-refractivity contribution in [3.63, 3.8) is 0 Å².